The lowest BCUT2D eigenvalue weighted by molar-refractivity contribution is -0.0836. The summed E-state index contributed by atoms with van der Waals surface area (Å²) in [4.78, 5) is 22.1. The van der Waals surface area contributed by atoms with Gasteiger partial charge in [0.05, 0.1) is 16.8 Å². The fraction of sp³-hybridized carbons (Fsp3) is 0.235. The third-order valence-corrected chi connectivity index (χ3v) is 4.82. The Morgan fingerprint density at radius 3 is 2.50 bits per heavy atom. The van der Waals surface area contributed by atoms with Gasteiger partial charge in [-0.3, -0.25) is 0 Å². The summed E-state index contributed by atoms with van der Waals surface area (Å²) in [5.41, 5.74) is 0.676. The molecule has 0 fully saturated rings. The first-order chi connectivity index (χ1) is 13.3. The lowest BCUT2D eigenvalue weighted by Gasteiger charge is -2.10. The van der Waals surface area contributed by atoms with Crippen LogP contribution >= 0.6 is 23.4 Å². The van der Waals surface area contributed by atoms with Gasteiger partial charge in [-0.25, -0.2) is 24.9 Å². The Labute approximate surface area is 167 Å². The van der Waals surface area contributed by atoms with Crippen LogP contribution in [0.1, 0.15) is 12.6 Å². The van der Waals surface area contributed by atoms with Crippen molar-refractivity contribution < 1.29 is 13.2 Å². The first kappa shape index (κ1) is 20.3. The third kappa shape index (κ3) is 4.33. The molecule has 0 atom stereocenters. The summed E-state index contributed by atoms with van der Waals surface area (Å²) in [5.74, 6) is 1.78. The highest BCUT2D eigenvalue weighted by atomic mass is 35.5. The maximum Gasteiger partial charge on any atom is 0.427 e. The quantitative estimate of drug-likeness (QED) is 0.556. The van der Waals surface area contributed by atoms with E-state index in [2.05, 4.69) is 24.9 Å². The maximum absolute atomic E-state index is 12.7. The van der Waals surface area contributed by atoms with Gasteiger partial charge in [-0.1, -0.05) is 18.5 Å². The van der Waals surface area contributed by atoms with Gasteiger partial charge < -0.3 is 4.57 Å². The van der Waals surface area contributed by atoms with E-state index in [1.807, 2.05) is 6.92 Å². The minimum atomic E-state index is -4.62. The molecule has 0 aliphatic heterocycles. The second-order valence-electron chi connectivity index (χ2n) is 5.47. The Kier molecular flexibility index (Phi) is 5.99. The van der Waals surface area contributed by atoms with Crippen LogP contribution in [0.25, 0.3) is 29.2 Å². The zero-order chi connectivity index (χ0) is 20.3. The molecule has 146 valence electrons. The normalized spacial score (nSPS) is 12.4. The smallest absolute Gasteiger partial charge is 0.326 e. The molecule has 0 bridgehead atoms. The molecule has 6 nitrogen and oxygen atoms in total. The molecule has 0 N–H and O–H groups in total. The fourth-order valence-corrected chi connectivity index (χ4v) is 3.13. The summed E-state index contributed by atoms with van der Waals surface area (Å²) in [6.07, 6.45) is 2.29. The van der Waals surface area contributed by atoms with Crippen LogP contribution in [0.15, 0.2) is 40.8 Å². The average molecular weight is 427 g/mol. The van der Waals surface area contributed by atoms with E-state index in [9.17, 15) is 13.2 Å². The number of halogens is 4. The van der Waals surface area contributed by atoms with Gasteiger partial charge in [0.15, 0.2) is 17.5 Å². The summed E-state index contributed by atoms with van der Waals surface area (Å²) in [5, 5.41) is -1.23. The van der Waals surface area contributed by atoms with E-state index >= 15 is 0 Å². The van der Waals surface area contributed by atoms with E-state index in [0.717, 1.165) is 16.7 Å². The summed E-state index contributed by atoms with van der Waals surface area (Å²) in [7, 11) is 1.59. The van der Waals surface area contributed by atoms with E-state index in [0.29, 0.717) is 23.2 Å². The Morgan fingerprint density at radius 1 is 1.14 bits per heavy atom. The molecule has 3 aromatic rings. The largest absolute Gasteiger partial charge is 0.427 e. The van der Waals surface area contributed by atoms with Crippen molar-refractivity contribution in [3.05, 3.63) is 41.6 Å². The van der Waals surface area contributed by atoms with Gasteiger partial charge in [-0.15, -0.1) is 11.8 Å². The predicted molar refractivity (Wildman–Crippen MR) is 102 cm³/mol. The average Bonchev–Trinajstić information content (AvgIpc) is 3.02. The van der Waals surface area contributed by atoms with Crippen LogP contribution in [0.4, 0.5) is 13.2 Å². The van der Waals surface area contributed by atoms with Crippen molar-refractivity contribution in [2.45, 2.75) is 18.0 Å². The standard InChI is InChI=1S/C17H14ClF3N6S/c1-3-28-11-9-24-15(14-22-5-4-6-23-14)26-13(11)16-25-8-10(27(16)2)7-12(18)17(19,20)21/h4-9H,3H2,1-2H3/b12-7-. The van der Waals surface area contributed by atoms with Gasteiger partial charge >= 0.3 is 6.18 Å². The molecule has 11 heteroatoms. The summed E-state index contributed by atoms with van der Waals surface area (Å²) < 4.78 is 39.7. The van der Waals surface area contributed by atoms with E-state index < -0.39 is 11.2 Å². The first-order valence-corrected chi connectivity index (χ1v) is 9.41. The van der Waals surface area contributed by atoms with Gasteiger partial charge in [0, 0.05) is 25.6 Å². The van der Waals surface area contributed by atoms with Crippen LogP contribution in [0.5, 0.6) is 0 Å². The van der Waals surface area contributed by atoms with Crippen LogP contribution in [0.2, 0.25) is 0 Å². The monoisotopic (exact) mass is 426 g/mol. The Hall–Kier alpha value is -2.46. The molecule has 0 amide bonds. The summed E-state index contributed by atoms with van der Waals surface area (Å²) in [6, 6.07) is 1.67. The topological polar surface area (TPSA) is 69.4 Å². The molecule has 0 aliphatic carbocycles. The molecule has 0 aromatic carbocycles. The van der Waals surface area contributed by atoms with Gasteiger partial charge in [0.1, 0.15) is 10.7 Å². The Balaban J connectivity index is 2.10. The molecule has 0 aliphatic rings. The molecule has 3 rings (SSSR count). The van der Waals surface area contributed by atoms with Gasteiger partial charge in [-0.05, 0) is 17.9 Å². The van der Waals surface area contributed by atoms with Crippen LogP contribution in [0.3, 0.4) is 0 Å². The Bertz CT molecular complexity index is 1000. The van der Waals surface area contributed by atoms with E-state index in [1.165, 1.54) is 22.5 Å². The van der Waals surface area contributed by atoms with Crippen molar-refractivity contribution in [1.82, 2.24) is 29.5 Å². The second-order valence-corrected chi connectivity index (χ2v) is 7.18. The predicted octanol–water partition coefficient (Wildman–Crippen LogP) is 4.59. The molecule has 3 aromatic heterocycles. The van der Waals surface area contributed by atoms with Crippen molar-refractivity contribution in [3.63, 3.8) is 0 Å². The van der Waals surface area contributed by atoms with Crippen molar-refractivity contribution in [1.29, 1.82) is 0 Å². The molecule has 3 heterocycles. The zero-order valence-electron chi connectivity index (χ0n) is 14.8. The number of allylic oxidation sites excluding steroid dienone is 1. The highest BCUT2D eigenvalue weighted by Crippen LogP contribution is 2.33. The van der Waals surface area contributed by atoms with Crippen molar-refractivity contribution in [2.75, 3.05) is 5.75 Å². The van der Waals surface area contributed by atoms with Gasteiger partial charge in [0.25, 0.3) is 0 Å². The number of alkyl halides is 3. The highest BCUT2D eigenvalue weighted by molar-refractivity contribution is 7.99. The number of rotatable bonds is 5. The SMILES string of the molecule is CCSc1cnc(-c2ncccn2)nc1-c1ncc(/C=C(\Cl)C(F)(F)F)n1C. The van der Waals surface area contributed by atoms with Crippen molar-refractivity contribution in [2.24, 2.45) is 7.05 Å². The lowest BCUT2D eigenvalue weighted by atomic mass is 10.3. The van der Waals surface area contributed by atoms with E-state index in [1.54, 1.807) is 31.7 Å². The number of hydrogen-bond donors (Lipinski definition) is 0. The molecule has 0 unspecified atom stereocenters. The maximum atomic E-state index is 12.7. The van der Waals surface area contributed by atoms with Crippen molar-refractivity contribution >= 4 is 29.4 Å². The number of imidazole rings is 1. The molecule has 0 radical (unpaired) electrons. The fourth-order valence-electron chi connectivity index (χ4n) is 2.30. The summed E-state index contributed by atoms with van der Waals surface area (Å²) >= 11 is 6.85. The minimum Gasteiger partial charge on any atom is -0.326 e. The van der Waals surface area contributed by atoms with E-state index in [-0.39, 0.29) is 5.69 Å². The number of hydrogen-bond acceptors (Lipinski definition) is 6. The van der Waals surface area contributed by atoms with Crippen LogP contribution in [-0.4, -0.2) is 41.4 Å². The van der Waals surface area contributed by atoms with Crippen LogP contribution in [-0.2, 0) is 7.05 Å². The van der Waals surface area contributed by atoms with Crippen LogP contribution < -0.4 is 0 Å². The minimum absolute atomic E-state index is 0.195. The van der Waals surface area contributed by atoms with Crippen LogP contribution in [0, 0.1) is 0 Å². The molecule has 0 saturated heterocycles. The highest BCUT2D eigenvalue weighted by Gasteiger charge is 2.32. The van der Waals surface area contributed by atoms with Gasteiger partial charge in [0.2, 0.25) is 0 Å². The second kappa shape index (κ2) is 8.27. The first-order valence-electron chi connectivity index (χ1n) is 8.05. The number of thioether (sulfide) groups is 1. The molecule has 0 spiro atoms. The number of aromatic nitrogens is 6. The third-order valence-electron chi connectivity index (χ3n) is 3.60. The molecular formula is C17H14ClF3N6S. The summed E-state index contributed by atoms with van der Waals surface area (Å²) in [6.45, 7) is 1.97. The zero-order valence-corrected chi connectivity index (χ0v) is 16.3. The van der Waals surface area contributed by atoms with Crippen molar-refractivity contribution in [3.8, 4) is 23.2 Å². The molecular weight excluding hydrogens is 413 g/mol. The Morgan fingerprint density at radius 2 is 1.86 bits per heavy atom. The number of nitrogens with zero attached hydrogens (tertiary/aromatic N) is 6. The van der Waals surface area contributed by atoms with E-state index in [4.69, 9.17) is 11.6 Å². The molecule has 28 heavy (non-hydrogen) atoms. The van der Waals surface area contributed by atoms with Gasteiger partial charge in [-0.2, -0.15) is 13.2 Å². The lowest BCUT2D eigenvalue weighted by Crippen LogP contribution is -2.07. The molecule has 0 saturated carbocycles.